The van der Waals surface area contributed by atoms with Crippen molar-refractivity contribution in [3.05, 3.63) is 158 Å². The first-order chi connectivity index (χ1) is 32.0. The third-order valence-electron chi connectivity index (χ3n) is 9.62. The Morgan fingerprint density at radius 3 is 1.15 bits per heavy atom. The lowest BCUT2D eigenvalue weighted by Gasteiger charge is -2.18. The molecule has 0 aromatic heterocycles. The van der Waals surface area contributed by atoms with E-state index in [0.29, 0.717) is 19.3 Å². The van der Waals surface area contributed by atoms with E-state index in [9.17, 15) is 14.4 Å². The minimum Gasteiger partial charge on any atom is -0.462 e. The van der Waals surface area contributed by atoms with Crippen LogP contribution in [-0.2, 0) is 28.6 Å². The zero-order chi connectivity index (χ0) is 47.2. The maximum absolute atomic E-state index is 12.8. The van der Waals surface area contributed by atoms with E-state index in [1.807, 2.05) is 36.5 Å². The van der Waals surface area contributed by atoms with Crippen LogP contribution in [0.3, 0.4) is 0 Å². The normalized spacial score (nSPS) is 13.5. The van der Waals surface area contributed by atoms with Crippen LogP contribution in [0, 0.1) is 0 Å². The molecule has 65 heavy (non-hydrogen) atoms. The summed E-state index contributed by atoms with van der Waals surface area (Å²) in [5, 5.41) is 0. The molecule has 0 heterocycles. The highest BCUT2D eigenvalue weighted by molar-refractivity contribution is 5.71. The largest absolute Gasteiger partial charge is 0.462 e. The SMILES string of the molecule is CC\C=C/C=C\C=C/C=C\CCCCCCCC(=O)OCC(COC(=O)CC/C=C\C/C=C\C/C=C\C/C=C\C/C=C\CC)OC(=O)CCCCC/C=C\C/C=C\C/C=C\C/C=C\CC. The molecule has 0 fully saturated rings. The summed E-state index contributed by atoms with van der Waals surface area (Å²) in [6.07, 6.45) is 75.2. The van der Waals surface area contributed by atoms with Gasteiger partial charge in [-0.3, -0.25) is 14.4 Å². The van der Waals surface area contributed by atoms with Crippen molar-refractivity contribution in [2.45, 2.75) is 181 Å². The molecule has 0 aliphatic rings. The van der Waals surface area contributed by atoms with Crippen LogP contribution < -0.4 is 0 Å². The highest BCUT2D eigenvalue weighted by Gasteiger charge is 2.19. The predicted molar refractivity (Wildman–Crippen MR) is 278 cm³/mol. The molecule has 360 valence electrons. The summed E-state index contributed by atoms with van der Waals surface area (Å²) >= 11 is 0. The molecular weight excluding hydrogens is 805 g/mol. The molecule has 0 bridgehead atoms. The van der Waals surface area contributed by atoms with Crippen LogP contribution in [0.15, 0.2) is 158 Å². The van der Waals surface area contributed by atoms with Crippen LogP contribution >= 0.6 is 0 Å². The molecule has 1 atom stereocenters. The van der Waals surface area contributed by atoms with Crippen LogP contribution in [-0.4, -0.2) is 37.2 Å². The second-order valence-electron chi connectivity index (χ2n) is 15.7. The quantitative estimate of drug-likeness (QED) is 0.0200. The fraction of sp³-hybridized carbons (Fsp3) is 0.508. The van der Waals surface area contributed by atoms with Crippen molar-refractivity contribution in [1.29, 1.82) is 0 Å². The lowest BCUT2D eigenvalue weighted by molar-refractivity contribution is -0.166. The summed E-state index contributed by atoms with van der Waals surface area (Å²) in [5.74, 6) is -1.09. The fourth-order valence-electron chi connectivity index (χ4n) is 5.96. The number of esters is 3. The van der Waals surface area contributed by atoms with Gasteiger partial charge in [0.1, 0.15) is 13.2 Å². The number of unbranched alkanes of at least 4 members (excludes halogenated alkanes) is 8. The van der Waals surface area contributed by atoms with E-state index in [0.717, 1.165) is 122 Å². The molecule has 0 aliphatic heterocycles. The molecule has 6 nitrogen and oxygen atoms in total. The Hall–Kier alpha value is -4.97. The number of ether oxygens (including phenoxy) is 3. The van der Waals surface area contributed by atoms with Crippen LogP contribution in [0.4, 0.5) is 0 Å². The molecule has 0 N–H and O–H groups in total. The highest BCUT2D eigenvalue weighted by atomic mass is 16.6. The smallest absolute Gasteiger partial charge is 0.306 e. The second-order valence-corrected chi connectivity index (χ2v) is 15.7. The van der Waals surface area contributed by atoms with Gasteiger partial charge in [-0.05, 0) is 109 Å². The molecule has 0 radical (unpaired) electrons. The molecule has 0 rings (SSSR count). The molecule has 0 aromatic rings. The molecule has 0 saturated heterocycles. The second kappa shape index (κ2) is 51.7. The van der Waals surface area contributed by atoms with Gasteiger partial charge in [0.05, 0.1) is 0 Å². The van der Waals surface area contributed by atoms with Gasteiger partial charge in [-0.25, -0.2) is 0 Å². The van der Waals surface area contributed by atoms with E-state index >= 15 is 0 Å². The number of allylic oxidation sites excluding steroid dienone is 26. The molecule has 0 aromatic carbocycles. The molecular formula is C59H88O6. The summed E-state index contributed by atoms with van der Waals surface area (Å²) in [6, 6.07) is 0. The minimum atomic E-state index is -0.842. The first-order valence-corrected chi connectivity index (χ1v) is 25.0. The van der Waals surface area contributed by atoms with E-state index in [1.54, 1.807) is 0 Å². The van der Waals surface area contributed by atoms with Crippen LogP contribution in [0.1, 0.15) is 175 Å². The van der Waals surface area contributed by atoms with E-state index in [1.165, 1.54) is 0 Å². The Morgan fingerprint density at radius 1 is 0.323 bits per heavy atom. The van der Waals surface area contributed by atoms with Gasteiger partial charge in [0, 0.05) is 19.3 Å². The van der Waals surface area contributed by atoms with Crippen molar-refractivity contribution in [3.63, 3.8) is 0 Å². The summed E-state index contributed by atoms with van der Waals surface area (Å²) in [6.45, 7) is 6.12. The van der Waals surface area contributed by atoms with Crippen LogP contribution in [0.2, 0.25) is 0 Å². The Labute approximate surface area is 397 Å². The predicted octanol–water partition coefficient (Wildman–Crippen LogP) is 16.6. The first kappa shape index (κ1) is 60.0. The van der Waals surface area contributed by atoms with E-state index in [-0.39, 0.29) is 44.0 Å². The topological polar surface area (TPSA) is 78.9 Å². The Bertz CT molecular complexity index is 1540. The Kier molecular flexibility index (Phi) is 47.7. The van der Waals surface area contributed by atoms with Gasteiger partial charge in [-0.2, -0.15) is 0 Å². The maximum atomic E-state index is 12.8. The lowest BCUT2D eigenvalue weighted by Crippen LogP contribution is -2.30. The van der Waals surface area contributed by atoms with Gasteiger partial charge in [0.2, 0.25) is 0 Å². The summed E-state index contributed by atoms with van der Waals surface area (Å²) in [5.41, 5.74) is 0. The number of carbonyl (C=O) groups excluding carboxylic acids is 3. The molecule has 0 aliphatic carbocycles. The number of carbonyl (C=O) groups is 3. The van der Waals surface area contributed by atoms with Crippen molar-refractivity contribution < 1.29 is 28.6 Å². The van der Waals surface area contributed by atoms with Crippen molar-refractivity contribution in [2.24, 2.45) is 0 Å². The Morgan fingerprint density at radius 2 is 0.662 bits per heavy atom. The average Bonchev–Trinajstić information content (AvgIpc) is 3.30. The lowest BCUT2D eigenvalue weighted by atomic mass is 10.1. The first-order valence-electron chi connectivity index (χ1n) is 25.0. The van der Waals surface area contributed by atoms with Gasteiger partial charge in [0.25, 0.3) is 0 Å². The van der Waals surface area contributed by atoms with Gasteiger partial charge in [-0.15, -0.1) is 0 Å². The van der Waals surface area contributed by atoms with Crippen molar-refractivity contribution in [3.8, 4) is 0 Å². The van der Waals surface area contributed by atoms with Crippen LogP contribution in [0.5, 0.6) is 0 Å². The van der Waals surface area contributed by atoms with Gasteiger partial charge in [0.15, 0.2) is 6.10 Å². The number of rotatable bonds is 42. The van der Waals surface area contributed by atoms with Crippen LogP contribution in [0.25, 0.3) is 0 Å². The Balaban J connectivity index is 4.64. The zero-order valence-electron chi connectivity index (χ0n) is 40.9. The third kappa shape index (κ3) is 49.9. The van der Waals surface area contributed by atoms with E-state index in [4.69, 9.17) is 14.2 Å². The molecule has 0 saturated carbocycles. The van der Waals surface area contributed by atoms with Gasteiger partial charge < -0.3 is 14.2 Å². The summed E-state index contributed by atoms with van der Waals surface area (Å²) in [7, 11) is 0. The zero-order valence-corrected chi connectivity index (χ0v) is 40.9. The van der Waals surface area contributed by atoms with E-state index < -0.39 is 6.10 Å². The van der Waals surface area contributed by atoms with E-state index in [2.05, 4.69) is 142 Å². The van der Waals surface area contributed by atoms with Gasteiger partial charge >= 0.3 is 17.9 Å². The average molecular weight is 893 g/mol. The number of hydrogen-bond donors (Lipinski definition) is 0. The molecule has 1 unspecified atom stereocenters. The minimum absolute atomic E-state index is 0.134. The van der Waals surface area contributed by atoms with Gasteiger partial charge in [-0.1, -0.05) is 204 Å². The standard InChI is InChI=1S/C59H88O6/c1-4-7-10-13-16-19-22-25-28-31-34-37-40-43-46-49-52-58(61)64-55-56(54-63-57(60)51-48-45-42-39-36-33-30-27-24-21-18-15-12-9-6-3)65-59(62)53-50-47-44-41-38-35-32-29-26-23-20-17-14-11-8-5-2/h7-12,15-21,24-30,34-35,37-38,43,46,56H,4-6,13-14,22-23,31-33,36,39-42,44-45,47-55H2,1-3H3/b10-7-,11-8-,12-9-,18-15-,19-16-,20-17-,24-21-,28-25-,29-26-,30-27-,37-34-,38-35-,46-43-. The maximum Gasteiger partial charge on any atom is 0.306 e. The highest BCUT2D eigenvalue weighted by Crippen LogP contribution is 2.11. The van der Waals surface area contributed by atoms with Crippen molar-refractivity contribution in [1.82, 2.24) is 0 Å². The molecule has 0 spiro atoms. The van der Waals surface area contributed by atoms with Crippen molar-refractivity contribution in [2.75, 3.05) is 13.2 Å². The monoisotopic (exact) mass is 893 g/mol. The van der Waals surface area contributed by atoms with Crippen molar-refractivity contribution >= 4 is 17.9 Å². The summed E-state index contributed by atoms with van der Waals surface area (Å²) < 4.78 is 16.7. The number of hydrogen-bond acceptors (Lipinski definition) is 6. The molecule has 0 amide bonds. The summed E-state index contributed by atoms with van der Waals surface area (Å²) in [4.78, 5) is 37.9. The third-order valence-corrected chi connectivity index (χ3v) is 9.62. The molecule has 6 heteroatoms. The fourth-order valence-corrected chi connectivity index (χ4v) is 5.96.